The van der Waals surface area contributed by atoms with Crippen molar-refractivity contribution in [3.05, 3.63) is 60.2 Å². The van der Waals surface area contributed by atoms with Gasteiger partial charge in [0, 0.05) is 6.54 Å². The van der Waals surface area contributed by atoms with E-state index in [0.29, 0.717) is 5.75 Å². The number of hydrogen-bond donors (Lipinski definition) is 1. The lowest BCUT2D eigenvalue weighted by molar-refractivity contribution is -0.144. The summed E-state index contributed by atoms with van der Waals surface area (Å²) in [5, 5.41) is 2.69. The Morgan fingerprint density at radius 1 is 0.833 bits per heavy atom. The maximum Gasteiger partial charge on any atom is 0.332 e. The molecule has 0 saturated heterocycles. The van der Waals surface area contributed by atoms with Crippen molar-refractivity contribution >= 4 is 32.4 Å². The van der Waals surface area contributed by atoms with Gasteiger partial charge in [-0.25, -0.2) is 8.42 Å². The monoisotopic (exact) mass is 635 g/mol. The number of carbonyl (C=O) groups excluding carboxylic acids is 1. The second kappa shape index (κ2) is 12.9. The molecule has 0 bridgehead atoms. The topological polar surface area (TPSA) is 90.9 Å². The van der Waals surface area contributed by atoms with Gasteiger partial charge in [-0.1, -0.05) is 85.7 Å². The molecule has 0 aromatic heterocycles. The molecule has 2 rings (SSSR count). The average molecular weight is 636 g/mol. The normalized spacial score (nSPS) is 15.7. The van der Waals surface area contributed by atoms with E-state index in [2.05, 4.69) is 39.2 Å². The zero-order valence-electron chi connectivity index (χ0n) is 27.9. The molecule has 0 spiro atoms. The number of methoxy groups -OCH3 is 1. The Hall–Kier alpha value is -1.99. The molecule has 236 valence electrons. The van der Waals surface area contributed by atoms with Crippen molar-refractivity contribution in [1.29, 1.82) is 0 Å². The van der Waals surface area contributed by atoms with Crippen LogP contribution in [0.15, 0.2) is 59.5 Å². The summed E-state index contributed by atoms with van der Waals surface area (Å²) >= 11 is 0. The zero-order chi connectivity index (χ0) is 32.4. The van der Waals surface area contributed by atoms with Gasteiger partial charge in [0.05, 0.1) is 18.1 Å². The van der Waals surface area contributed by atoms with E-state index in [1.165, 1.54) is 19.2 Å². The molecule has 0 aliphatic heterocycles. The number of nitrogens with one attached hydrogen (secondary N) is 1. The summed E-state index contributed by atoms with van der Waals surface area (Å²) in [7, 11) is -8.32. The highest BCUT2D eigenvalue weighted by atomic mass is 32.2. The highest BCUT2D eigenvalue weighted by Gasteiger charge is 2.62. The van der Waals surface area contributed by atoms with Crippen molar-refractivity contribution in [2.24, 2.45) is 5.92 Å². The molecule has 1 N–H and O–H groups in total. The maximum absolute atomic E-state index is 15.1. The van der Waals surface area contributed by atoms with Crippen LogP contribution in [-0.2, 0) is 30.0 Å². The maximum atomic E-state index is 15.1. The molecule has 1 unspecified atom stereocenters. The zero-order valence-corrected chi connectivity index (χ0v) is 30.7. The molecule has 2 aromatic carbocycles. The third-order valence-corrected chi connectivity index (χ3v) is 19.9. The fourth-order valence-electron chi connectivity index (χ4n) is 4.06. The first-order valence-corrected chi connectivity index (χ1v) is 21.9. The third kappa shape index (κ3) is 7.56. The fourth-order valence-corrected chi connectivity index (χ4v) is 8.60. The summed E-state index contributed by atoms with van der Waals surface area (Å²) in [4.78, 5) is 12.6. The summed E-state index contributed by atoms with van der Waals surface area (Å²) in [6, 6.07) is 15.6. The van der Waals surface area contributed by atoms with Crippen LogP contribution in [0.25, 0.3) is 0 Å². The minimum atomic E-state index is -4.46. The van der Waals surface area contributed by atoms with E-state index >= 15 is 8.42 Å². The minimum absolute atomic E-state index is 0.0134. The van der Waals surface area contributed by atoms with Crippen molar-refractivity contribution in [2.75, 3.05) is 7.11 Å². The van der Waals surface area contributed by atoms with Crippen molar-refractivity contribution in [3.8, 4) is 5.75 Å². The number of hydrogen-bond acceptors (Lipinski definition) is 7. The van der Waals surface area contributed by atoms with Gasteiger partial charge in [-0.2, -0.15) is 0 Å². The standard InChI is InChI=1S/C32H53NO6SSi2/c1-24(2)28(38-41(10,11)30(3,4)5)32(33-23-25-17-15-14-16-18-25,29(34)39-42(12,13)31(6,7)8)40(35,36)27-21-19-26(37-9)20-22-27/h14-22,24,28,33H,23H2,1-13H3/t28?,32-/m1/s1. The van der Waals surface area contributed by atoms with E-state index < -0.39 is 43.4 Å². The molecular weight excluding hydrogens is 583 g/mol. The quantitative estimate of drug-likeness (QED) is 0.241. The highest BCUT2D eigenvalue weighted by Crippen LogP contribution is 2.44. The predicted octanol–water partition coefficient (Wildman–Crippen LogP) is 7.55. The van der Waals surface area contributed by atoms with Crippen LogP contribution >= 0.6 is 0 Å². The lowest BCUT2D eigenvalue weighted by atomic mass is 9.98. The smallest absolute Gasteiger partial charge is 0.332 e. The van der Waals surface area contributed by atoms with Gasteiger partial charge in [0.25, 0.3) is 8.32 Å². The number of benzene rings is 2. The van der Waals surface area contributed by atoms with Crippen molar-refractivity contribution < 1.29 is 26.8 Å². The van der Waals surface area contributed by atoms with E-state index in [1.807, 2.05) is 78.0 Å². The molecule has 0 aliphatic rings. The molecular formula is C32H53NO6SSi2. The van der Waals surface area contributed by atoms with Crippen molar-refractivity contribution in [3.63, 3.8) is 0 Å². The molecule has 0 fully saturated rings. The van der Waals surface area contributed by atoms with Crippen molar-refractivity contribution in [1.82, 2.24) is 5.32 Å². The van der Waals surface area contributed by atoms with Gasteiger partial charge in [-0.3, -0.25) is 10.1 Å². The number of sulfone groups is 1. The van der Waals surface area contributed by atoms with Crippen LogP contribution in [0.2, 0.25) is 36.3 Å². The third-order valence-electron chi connectivity index (χ3n) is 8.88. The Morgan fingerprint density at radius 3 is 1.76 bits per heavy atom. The van der Waals surface area contributed by atoms with Gasteiger partial charge < -0.3 is 13.6 Å². The minimum Gasteiger partial charge on any atom is -0.517 e. The van der Waals surface area contributed by atoms with Gasteiger partial charge in [0.15, 0.2) is 8.32 Å². The van der Waals surface area contributed by atoms with E-state index in [1.54, 1.807) is 12.1 Å². The van der Waals surface area contributed by atoms with Crippen LogP contribution in [0.1, 0.15) is 61.0 Å². The average Bonchev–Trinajstić information content (AvgIpc) is 2.87. The van der Waals surface area contributed by atoms with Gasteiger partial charge in [0.2, 0.25) is 14.7 Å². The first kappa shape index (κ1) is 36.2. The van der Waals surface area contributed by atoms with Crippen LogP contribution in [0.5, 0.6) is 5.75 Å². The lowest BCUT2D eigenvalue weighted by Crippen LogP contribution is -2.70. The van der Waals surface area contributed by atoms with Crippen LogP contribution in [0, 0.1) is 5.92 Å². The molecule has 2 aromatic rings. The van der Waals surface area contributed by atoms with E-state index in [-0.39, 0.29) is 27.4 Å². The van der Waals surface area contributed by atoms with Crippen LogP contribution in [0.4, 0.5) is 0 Å². The summed E-state index contributed by atoms with van der Waals surface area (Å²) in [5.41, 5.74) is 0.835. The Kier molecular flexibility index (Phi) is 11.2. The highest BCUT2D eigenvalue weighted by molar-refractivity contribution is 7.93. The second-order valence-corrected chi connectivity index (χ2v) is 26.0. The summed E-state index contributed by atoms with van der Waals surface area (Å²) in [6.45, 7) is 24.3. The lowest BCUT2D eigenvalue weighted by Gasteiger charge is -2.48. The molecule has 0 saturated carbocycles. The number of carbonyl (C=O) groups is 1. The number of ether oxygens (including phenoxy) is 1. The summed E-state index contributed by atoms with van der Waals surface area (Å²) < 4.78 is 48.8. The Balaban J connectivity index is 2.98. The van der Waals surface area contributed by atoms with E-state index in [0.717, 1.165) is 5.56 Å². The van der Waals surface area contributed by atoms with Gasteiger partial charge in [0.1, 0.15) is 5.75 Å². The Morgan fingerprint density at radius 2 is 1.33 bits per heavy atom. The SMILES string of the molecule is COc1ccc(S(=O)(=O)[C@@](NCc2ccccc2)(C(=O)O[Si](C)(C)C(C)(C)C)C(O[Si](C)(C)C(C)(C)C)C(C)C)cc1. The van der Waals surface area contributed by atoms with E-state index in [4.69, 9.17) is 13.6 Å². The molecule has 7 nitrogen and oxygen atoms in total. The molecule has 0 radical (unpaired) electrons. The van der Waals surface area contributed by atoms with Crippen LogP contribution in [0.3, 0.4) is 0 Å². The molecule has 0 aliphatic carbocycles. The van der Waals surface area contributed by atoms with E-state index in [9.17, 15) is 4.79 Å². The van der Waals surface area contributed by atoms with Crippen LogP contribution in [-0.4, -0.2) is 49.1 Å². The largest absolute Gasteiger partial charge is 0.517 e. The summed E-state index contributed by atoms with van der Waals surface area (Å²) in [6.07, 6.45) is -1.05. The molecule has 42 heavy (non-hydrogen) atoms. The van der Waals surface area contributed by atoms with Crippen LogP contribution < -0.4 is 10.1 Å². The fraction of sp³-hybridized carbons (Fsp3) is 0.594. The molecule has 0 amide bonds. The van der Waals surface area contributed by atoms with Gasteiger partial charge in [-0.05, 0) is 72.0 Å². The van der Waals surface area contributed by atoms with Gasteiger partial charge >= 0.3 is 5.97 Å². The Labute approximate surface area is 256 Å². The Bertz CT molecular complexity index is 1300. The second-order valence-electron chi connectivity index (χ2n) is 14.4. The predicted molar refractivity (Wildman–Crippen MR) is 176 cm³/mol. The first-order valence-electron chi connectivity index (χ1n) is 14.6. The molecule has 0 heterocycles. The summed E-state index contributed by atoms with van der Waals surface area (Å²) in [5.74, 6) is -0.667. The first-order chi connectivity index (χ1) is 19.0. The van der Waals surface area contributed by atoms with Gasteiger partial charge in [-0.15, -0.1) is 0 Å². The molecule has 2 atom stereocenters. The van der Waals surface area contributed by atoms with Crippen molar-refractivity contribution in [2.45, 2.75) is 114 Å². The molecule has 10 heteroatoms. The number of rotatable bonds is 12.